The summed E-state index contributed by atoms with van der Waals surface area (Å²) in [6.45, 7) is 3.20. The molecule has 0 aliphatic carbocycles. The fourth-order valence-electron chi connectivity index (χ4n) is 2.44. The minimum atomic E-state index is -3.56. The number of rotatable bonds is 6. The Morgan fingerprint density at radius 1 is 1.36 bits per heavy atom. The van der Waals surface area contributed by atoms with E-state index in [0.29, 0.717) is 5.56 Å². The highest BCUT2D eigenvalue weighted by Crippen LogP contribution is 2.25. The molecule has 1 aliphatic rings. The van der Waals surface area contributed by atoms with Crippen molar-refractivity contribution in [2.24, 2.45) is 0 Å². The highest BCUT2D eigenvalue weighted by atomic mass is 32.2. The Labute approximate surface area is 146 Å². The summed E-state index contributed by atoms with van der Waals surface area (Å²) in [6, 6.07) is 5.06. The zero-order chi connectivity index (χ0) is 18.8. The standard InChI is InChI=1S/C16H23F2N3O3S/c1-11(2)21(3)25(23,24)13-6-4-12(5-7-13)9-19-15(22)14-8-16(17,18)10-20-14/h4-7,11,14,20H,8-10H2,1-3H3,(H,19,22). The Kier molecular flexibility index (Phi) is 5.80. The van der Waals surface area contributed by atoms with Gasteiger partial charge in [-0.05, 0) is 31.5 Å². The zero-order valence-electron chi connectivity index (χ0n) is 14.4. The van der Waals surface area contributed by atoms with Crippen LogP contribution in [0.2, 0.25) is 0 Å². The van der Waals surface area contributed by atoms with Gasteiger partial charge in [-0.3, -0.25) is 10.1 Å². The number of hydrogen-bond donors (Lipinski definition) is 2. The molecule has 2 rings (SSSR count). The van der Waals surface area contributed by atoms with E-state index in [0.717, 1.165) is 0 Å². The van der Waals surface area contributed by atoms with Crippen LogP contribution in [-0.4, -0.2) is 50.2 Å². The van der Waals surface area contributed by atoms with Crippen LogP contribution >= 0.6 is 0 Å². The summed E-state index contributed by atoms with van der Waals surface area (Å²) in [5.74, 6) is -3.35. The summed E-state index contributed by atoms with van der Waals surface area (Å²) in [6.07, 6.45) is -0.516. The fraction of sp³-hybridized carbons (Fsp3) is 0.562. The Morgan fingerprint density at radius 2 is 1.96 bits per heavy atom. The van der Waals surface area contributed by atoms with E-state index in [1.54, 1.807) is 26.0 Å². The van der Waals surface area contributed by atoms with Gasteiger partial charge < -0.3 is 5.32 Å². The second kappa shape index (κ2) is 7.35. The molecule has 9 heteroatoms. The van der Waals surface area contributed by atoms with E-state index >= 15 is 0 Å². The maximum absolute atomic E-state index is 13.1. The summed E-state index contributed by atoms with van der Waals surface area (Å²) >= 11 is 0. The molecular weight excluding hydrogens is 352 g/mol. The molecule has 0 spiro atoms. The maximum Gasteiger partial charge on any atom is 0.262 e. The summed E-state index contributed by atoms with van der Waals surface area (Å²) in [5.41, 5.74) is 0.684. The van der Waals surface area contributed by atoms with Gasteiger partial charge in [-0.15, -0.1) is 0 Å². The second-order valence-electron chi connectivity index (χ2n) is 6.47. The lowest BCUT2D eigenvalue weighted by Crippen LogP contribution is -2.40. The predicted octanol–water partition coefficient (Wildman–Crippen LogP) is 1.33. The lowest BCUT2D eigenvalue weighted by atomic mass is 10.1. The van der Waals surface area contributed by atoms with Crippen LogP contribution < -0.4 is 10.6 Å². The molecule has 1 saturated heterocycles. The summed E-state index contributed by atoms with van der Waals surface area (Å²) in [7, 11) is -2.05. The molecule has 0 aromatic heterocycles. The molecule has 1 unspecified atom stereocenters. The van der Waals surface area contributed by atoms with Gasteiger partial charge in [0.2, 0.25) is 15.9 Å². The fourth-order valence-corrected chi connectivity index (χ4v) is 3.80. The number of alkyl halides is 2. The number of halogens is 2. The molecule has 1 aromatic rings. The molecule has 1 aliphatic heterocycles. The van der Waals surface area contributed by atoms with E-state index < -0.39 is 40.9 Å². The van der Waals surface area contributed by atoms with Gasteiger partial charge in [0.05, 0.1) is 17.5 Å². The first-order chi connectivity index (χ1) is 11.5. The van der Waals surface area contributed by atoms with E-state index in [2.05, 4.69) is 10.6 Å². The number of amides is 1. The van der Waals surface area contributed by atoms with Gasteiger partial charge in [0, 0.05) is 26.1 Å². The summed E-state index contributed by atoms with van der Waals surface area (Å²) in [4.78, 5) is 12.1. The van der Waals surface area contributed by atoms with Crippen molar-refractivity contribution < 1.29 is 22.0 Å². The van der Waals surface area contributed by atoms with E-state index in [1.807, 2.05) is 0 Å². The van der Waals surface area contributed by atoms with Gasteiger partial charge in [0.1, 0.15) is 0 Å². The molecule has 1 amide bonds. The normalized spacial score (nSPS) is 20.2. The molecule has 0 saturated carbocycles. The van der Waals surface area contributed by atoms with E-state index in [9.17, 15) is 22.0 Å². The number of benzene rings is 1. The van der Waals surface area contributed by atoms with E-state index in [-0.39, 0.29) is 17.5 Å². The van der Waals surface area contributed by atoms with E-state index in [4.69, 9.17) is 0 Å². The van der Waals surface area contributed by atoms with Crippen molar-refractivity contribution in [3.8, 4) is 0 Å². The van der Waals surface area contributed by atoms with Crippen molar-refractivity contribution in [3.63, 3.8) is 0 Å². The summed E-state index contributed by atoms with van der Waals surface area (Å²) in [5, 5.41) is 5.07. The number of carbonyl (C=O) groups excluding carboxylic acids is 1. The molecule has 2 N–H and O–H groups in total. The highest BCUT2D eigenvalue weighted by Gasteiger charge is 2.42. The monoisotopic (exact) mass is 375 g/mol. The lowest BCUT2D eigenvalue weighted by Gasteiger charge is -2.21. The third kappa shape index (κ3) is 4.74. The second-order valence-corrected chi connectivity index (χ2v) is 8.47. The van der Waals surface area contributed by atoms with Gasteiger partial charge in [-0.1, -0.05) is 12.1 Å². The van der Waals surface area contributed by atoms with Crippen LogP contribution in [0.25, 0.3) is 0 Å². The van der Waals surface area contributed by atoms with Crippen molar-refractivity contribution in [1.29, 1.82) is 0 Å². The van der Waals surface area contributed by atoms with Gasteiger partial charge in [-0.2, -0.15) is 4.31 Å². The Hall–Kier alpha value is -1.58. The SMILES string of the molecule is CC(C)N(C)S(=O)(=O)c1ccc(CNC(=O)C2CC(F)(F)CN2)cc1. The number of hydrogen-bond acceptors (Lipinski definition) is 4. The highest BCUT2D eigenvalue weighted by molar-refractivity contribution is 7.89. The van der Waals surface area contributed by atoms with Gasteiger partial charge in [0.25, 0.3) is 5.92 Å². The predicted molar refractivity (Wildman–Crippen MR) is 89.7 cm³/mol. The number of nitrogens with one attached hydrogen (secondary N) is 2. The van der Waals surface area contributed by atoms with Crippen LogP contribution in [0.5, 0.6) is 0 Å². The van der Waals surface area contributed by atoms with Crippen molar-refractivity contribution in [3.05, 3.63) is 29.8 Å². The minimum Gasteiger partial charge on any atom is -0.351 e. The molecule has 6 nitrogen and oxygen atoms in total. The average Bonchev–Trinajstić information content (AvgIpc) is 2.92. The van der Waals surface area contributed by atoms with Crippen LogP contribution in [0, 0.1) is 0 Å². The van der Waals surface area contributed by atoms with Gasteiger partial charge >= 0.3 is 0 Å². The number of sulfonamides is 1. The molecule has 0 radical (unpaired) electrons. The van der Waals surface area contributed by atoms with Gasteiger partial charge in [-0.25, -0.2) is 17.2 Å². The lowest BCUT2D eigenvalue weighted by molar-refractivity contribution is -0.123. The van der Waals surface area contributed by atoms with Crippen LogP contribution in [0.3, 0.4) is 0 Å². The smallest absolute Gasteiger partial charge is 0.262 e. The molecule has 25 heavy (non-hydrogen) atoms. The zero-order valence-corrected chi connectivity index (χ0v) is 15.2. The average molecular weight is 375 g/mol. The maximum atomic E-state index is 13.1. The van der Waals surface area contributed by atoms with Crippen molar-refractivity contribution in [2.75, 3.05) is 13.6 Å². The Morgan fingerprint density at radius 3 is 2.44 bits per heavy atom. The first kappa shape index (κ1) is 19.7. The quantitative estimate of drug-likeness (QED) is 0.786. The van der Waals surface area contributed by atoms with Crippen LogP contribution in [0.15, 0.2) is 29.2 Å². The van der Waals surface area contributed by atoms with Crippen molar-refractivity contribution >= 4 is 15.9 Å². The summed E-state index contributed by atoms with van der Waals surface area (Å²) < 4.78 is 52.2. The van der Waals surface area contributed by atoms with Crippen molar-refractivity contribution in [1.82, 2.24) is 14.9 Å². The van der Waals surface area contributed by atoms with Crippen LogP contribution in [0.1, 0.15) is 25.8 Å². The van der Waals surface area contributed by atoms with E-state index in [1.165, 1.54) is 23.5 Å². The first-order valence-electron chi connectivity index (χ1n) is 7.99. The molecule has 1 fully saturated rings. The Balaban J connectivity index is 1.96. The number of carbonyl (C=O) groups is 1. The van der Waals surface area contributed by atoms with Crippen LogP contribution in [0.4, 0.5) is 8.78 Å². The largest absolute Gasteiger partial charge is 0.351 e. The molecule has 1 heterocycles. The third-order valence-corrected chi connectivity index (χ3v) is 6.27. The van der Waals surface area contributed by atoms with Crippen LogP contribution in [-0.2, 0) is 21.4 Å². The third-order valence-electron chi connectivity index (χ3n) is 4.22. The molecule has 1 atom stereocenters. The molecule has 140 valence electrons. The van der Waals surface area contributed by atoms with Crippen molar-refractivity contribution in [2.45, 2.75) is 49.7 Å². The molecule has 0 bridgehead atoms. The molecule has 1 aromatic carbocycles. The minimum absolute atomic E-state index is 0.142. The first-order valence-corrected chi connectivity index (χ1v) is 9.43. The van der Waals surface area contributed by atoms with Gasteiger partial charge in [0.15, 0.2) is 0 Å². The number of nitrogens with zero attached hydrogens (tertiary/aromatic N) is 1. The Bertz CT molecular complexity index is 721. The molecular formula is C16H23F2N3O3S. The topological polar surface area (TPSA) is 78.5 Å².